The molecule has 1 nitrogen and oxygen atoms in total. The van der Waals surface area contributed by atoms with Crippen LogP contribution in [0, 0.1) is 0 Å². The van der Waals surface area contributed by atoms with Gasteiger partial charge in [0.1, 0.15) is 0 Å². The fourth-order valence-electron chi connectivity index (χ4n) is 0.294. The number of rotatable bonds is 0. The summed E-state index contributed by atoms with van der Waals surface area (Å²) in [6, 6.07) is 0. The van der Waals surface area contributed by atoms with Gasteiger partial charge in [0.05, 0.1) is 6.10 Å². The zero-order valence-corrected chi connectivity index (χ0v) is 4.37. The lowest BCUT2D eigenvalue weighted by Gasteiger charge is -1.91. The lowest BCUT2D eigenvalue weighted by Crippen LogP contribution is -1.89. The van der Waals surface area contributed by atoms with E-state index in [1.165, 1.54) is 12.0 Å². The molecule has 1 atom stereocenters. The van der Waals surface area contributed by atoms with Crippen LogP contribution in [0.25, 0.3) is 0 Å². The molecule has 34 valence electrons. The predicted molar refractivity (Wildman–Crippen MR) is 27.3 cm³/mol. The van der Waals surface area contributed by atoms with Crippen LogP contribution < -0.4 is 0 Å². The Labute approximate surface area is 41.6 Å². The summed E-state index contributed by atoms with van der Waals surface area (Å²) in [6.45, 7) is 2.01. The molecule has 1 aliphatic heterocycles. The third-order valence-electron chi connectivity index (χ3n) is 0.612. The SMILES string of the molecule is CC1C=CSO1. The number of hydrogen-bond donors (Lipinski definition) is 0. The first-order valence-electron chi connectivity index (χ1n) is 1.88. The van der Waals surface area contributed by atoms with Crippen molar-refractivity contribution in [2.45, 2.75) is 13.0 Å². The lowest BCUT2D eigenvalue weighted by molar-refractivity contribution is 0.332. The van der Waals surface area contributed by atoms with Gasteiger partial charge in [-0.1, -0.05) is 0 Å². The first kappa shape index (κ1) is 4.22. The minimum atomic E-state index is 0.329. The van der Waals surface area contributed by atoms with Crippen LogP contribution in [0.5, 0.6) is 0 Å². The highest BCUT2D eigenvalue weighted by Gasteiger charge is 2.00. The van der Waals surface area contributed by atoms with Crippen molar-refractivity contribution in [1.29, 1.82) is 0 Å². The van der Waals surface area contributed by atoms with Crippen molar-refractivity contribution in [3.05, 3.63) is 11.5 Å². The minimum absolute atomic E-state index is 0.329. The normalized spacial score (nSPS) is 31.8. The minimum Gasteiger partial charge on any atom is -0.304 e. The zero-order valence-electron chi connectivity index (χ0n) is 3.55. The van der Waals surface area contributed by atoms with Crippen LogP contribution in [0.3, 0.4) is 0 Å². The number of hydrogen-bond acceptors (Lipinski definition) is 2. The van der Waals surface area contributed by atoms with E-state index in [0.29, 0.717) is 6.10 Å². The maximum atomic E-state index is 4.96. The molecule has 0 bridgehead atoms. The molecule has 0 N–H and O–H groups in total. The summed E-state index contributed by atoms with van der Waals surface area (Å²) in [4.78, 5) is 0. The molecule has 1 heterocycles. The average molecular weight is 102 g/mol. The lowest BCUT2D eigenvalue weighted by atomic mass is 10.4. The molecular formula is C4H6OS. The van der Waals surface area contributed by atoms with Crippen molar-refractivity contribution in [3.63, 3.8) is 0 Å². The van der Waals surface area contributed by atoms with Crippen LogP contribution in [0.15, 0.2) is 11.5 Å². The molecule has 0 radical (unpaired) electrons. The van der Waals surface area contributed by atoms with Crippen LogP contribution in [-0.2, 0) is 4.18 Å². The van der Waals surface area contributed by atoms with Crippen molar-refractivity contribution >= 4 is 12.0 Å². The standard InChI is InChI=1S/C4H6OS/c1-4-2-3-6-5-4/h2-4H,1H3. The zero-order chi connectivity index (χ0) is 4.41. The Morgan fingerprint density at radius 3 is 2.83 bits per heavy atom. The topological polar surface area (TPSA) is 9.23 Å². The monoisotopic (exact) mass is 102 g/mol. The molecule has 0 saturated heterocycles. The molecule has 2 heteroatoms. The fraction of sp³-hybridized carbons (Fsp3) is 0.500. The van der Waals surface area contributed by atoms with Crippen LogP contribution in [0.4, 0.5) is 0 Å². The highest BCUT2D eigenvalue weighted by atomic mass is 32.2. The molecule has 1 unspecified atom stereocenters. The van der Waals surface area contributed by atoms with E-state index in [1.807, 2.05) is 18.4 Å². The summed E-state index contributed by atoms with van der Waals surface area (Å²) in [5.41, 5.74) is 0. The van der Waals surface area contributed by atoms with E-state index in [9.17, 15) is 0 Å². The van der Waals surface area contributed by atoms with E-state index in [-0.39, 0.29) is 0 Å². The Balaban J connectivity index is 2.38. The molecule has 1 rings (SSSR count). The largest absolute Gasteiger partial charge is 0.304 e. The van der Waals surface area contributed by atoms with Gasteiger partial charge in [0.2, 0.25) is 0 Å². The highest BCUT2D eigenvalue weighted by molar-refractivity contribution is 7.97. The third kappa shape index (κ3) is 0.758. The van der Waals surface area contributed by atoms with Gasteiger partial charge < -0.3 is 4.18 Å². The van der Waals surface area contributed by atoms with Gasteiger partial charge in [-0.2, -0.15) is 0 Å². The Morgan fingerprint density at radius 1 is 1.83 bits per heavy atom. The Morgan fingerprint density at radius 2 is 2.67 bits per heavy atom. The molecule has 6 heavy (non-hydrogen) atoms. The summed E-state index contributed by atoms with van der Waals surface area (Å²) in [5, 5.41) is 1.95. The molecule has 0 spiro atoms. The molecule has 0 saturated carbocycles. The van der Waals surface area contributed by atoms with Crippen LogP contribution in [0.2, 0.25) is 0 Å². The molecule has 0 amide bonds. The molecule has 0 fully saturated rings. The summed E-state index contributed by atoms with van der Waals surface area (Å²) in [6.07, 6.45) is 2.35. The van der Waals surface area contributed by atoms with E-state index in [2.05, 4.69) is 0 Å². The van der Waals surface area contributed by atoms with Crippen molar-refractivity contribution in [2.75, 3.05) is 0 Å². The van der Waals surface area contributed by atoms with Gasteiger partial charge in [0.25, 0.3) is 0 Å². The van der Waals surface area contributed by atoms with Gasteiger partial charge in [-0.3, -0.25) is 0 Å². The smallest absolute Gasteiger partial charge is 0.0888 e. The molecule has 0 aromatic heterocycles. The average Bonchev–Trinajstić information content (AvgIpc) is 1.86. The van der Waals surface area contributed by atoms with E-state index >= 15 is 0 Å². The summed E-state index contributed by atoms with van der Waals surface area (Å²) < 4.78 is 4.96. The predicted octanol–water partition coefficient (Wildman–Crippen LogP) is 1.57. The molecule has 0 aromatic rings. The highest BCUT2D eigenvalue weighted by Crippen LogP contribution is 2.16. The maximum absolute atomic E-state index is 4.96. The Hall–Kier alpha value is 0.0500. The van der Waals surface area contributed by atoms with Gasteiger partial charge in [0, 0.05) is 12.0 Å². The van der Waals surface area contributed by atoms with E-state index in [1.54, 1.807) is 0 Å². The second-order valence-corrected chi connectivity index (χ2v) is 1.88. The first-order valence-corrected chi connectivity index (χ1v) is 2.69. The van der Waals surface area contributed by atoms with Crippen molar-refractivity contribution in [3.8, 4) is 0 Å². The van der Waals surface area contributed by atoms with Gasteiger partial charge in [-0.25, -0.2) is 0 Å². The Kier molecular flexibility index (Phi) is 1.17. The second kappa shape index (κ2) is 1.67. The van der Waals surface area contributed by atoms with Gasteiger partial charge in [0.15, 0.2) is 0 Å². The van der Waals surface area contributed by atoms with E-state index in [4.69, 9.17) is 4.18 Å². The van der Waals surface area contributed by atoms with E-state index in [0.717, 1.165) is 0 Å². The molecule has 1 aliphatic rings. The van der Waals surface area contributed by atoms with E-state index < -0.39 is 0 Å². The fourth-order valence-corrected chi connectivity index (χ4v) is 0.883. The molecular weight excluding hydrogens is 96.1 g/mol. The second-order valence-electron chi connectivity index (χ2n) is 1.23. The summed E-state index contributed by atoms with van der Waals surface area (Å²) >= 11 is 1.40. The van der Waals surface area contributed by atoms with Crippen molar-refractivity contribution in [2.24, 2.45) is 0 Å². The van der Waals surface area contributed by atoms with Gasteiger partial charge >= 0.3 is 0 Å². The van der Waals surface area contributed by atoms with Crippen LogP contribution in [-0.4, -0.2) is 6.10 Å². The Bertz CT molecular complexity index is 69.9. The molecule has 0 aliphatic carbocycles. The van der Waals surface area contributed by atoms with Crippen LogP contribution >= 0.6 is 12.0 Å². The quantitative estimate of drug-likeness (QED) is 0.429. The summed E-state index contributed by atoms with van der Waals surface area (Å²) in [5.74, 6) is 0. The third-order valence-corrected chi connectivity index (χ3v) is 1.30. The van der Waals surface area contributed by atoms with Gasteiger partial charge in [-0.05, 0) is 18.4 Å². The van der Waals surface area contributed by atoms with Crippen molar-refractivity contribution in [1.82, 2.24) is 0 Å². The first-order chi connectivity index (χ1) is 2.89. The van der Waals surface area contributed by atoms with Crippen LogP contribution in [0.1, 0.15) is 6.92 Å². The van der Waals surface area contributed by atoms with Gasteiger partial charge in [-0.15, -0.1) is 0 Å². The van der Waals surface area contributed by atoms with Crippen molar-refractivity contribution < 1.29 is 4.18 Å². The maximum Gasteiger partial charge on any atom is 0.0888 e. The molecule has 0 aromatic carbocycles. The summed E-state index contributed by atoms with van der Waals surface area (Å²) in [7, 11) is 0.